The normalized spacial score (nSPS) is 12.8. The van der Waals surface area contributed by atoms with Crippen LogP contribution in [0.4, 0.5) is 0 Å². The average Bonchev–Trinajstić information content (AvgIpc) is 2.28. The molecule has 0 spiro atoms. The first kappa shape index (κ1) is 13.7. The van der Waals surface area contributed by atoms with Crippen LogP contribution in [0.1, 0.15) is 30.9 Å². The van der Waals surface area contributed by atoms with E-state index in [1.54, 1.807) is 0 Å². The molecular formula is C13H20BrNO. The summed E-state index contributed by atoms with van der Waals surface area (Å²) in [6, 6.07) is 6.81. The van der Waals surface area contributed by atoms with Crippen LogP contribution in [0.3, 0.4) is 0 Å². The Labute approximate surface area is 106 Å². The zero-order valence-electron chi connectivity index (χ0n) is 9.96. The van der Waals surface area contributed by atoms with E-state index in [1.165, 1.54) is 11.1 Å². The van der Waals surface area contributed by atoms with Crippen LogP contribution >= 0.6 is 15.9 Å². The third-order valence-electron chi connectivity index (χ3n) is 2.80. The van der Waals surface area contributed by atoms with Gasteiger partial charge in [0.15, 0.2) is 0 Å². The summed E-state index contributed by atoms with van der Waals surface area (Å²) in [7, 11) is 0. The smallest absolute Gasteiger partial charge is 0.0445 e. The molecule has 0 radical (unpaired) electrons. The Morgan fingerprint density at radius 1 is 1.44 bits per heavy atom. The molecule has 1 aromatic carbocycles. The molecule has 2 nitrogen and oxygen atoms in total. The number of rotatable bonds is 6. The van der Waals surface area contributed by atoms with E-state index >= 15 is 0 Å². The summed E-state index contributed by atoms with van der Waals surface area (Å²) in [5.41, 5.74) is 2.53. The standard InChI is InChI=1S/C13H20BrNO/c1-3-12(6-7-16)15-9-11-5-4-10(2)13(14)8-11/h4-5,8,12,15-16H,3,6-7,9H2,1-2H3. The van der Waals surface area contributed by atoms with Gasteiger partial charge >= 0.3 is 0 Å². The van der Waals surface area contributed by atoms with Gasteiger partial charge < -0.3 is 10.4 Å². The van der Waals surface area contributed by atoms with Crippen LogP contribution in [0, 0.1) is 6.92 Å². The number of nitrogens with one attached hydrogen (secondary N) is 1. The van der Waals surface area contributed by atoms with Crippen molar-refractivity contribution in [1.29, 1.82) is 0 Å². The van der Waals surface area contributed by atoms with E-state index in [0.29, 0.717) is 6.04 Å². The largest absolute Gasteiger partial charge is 0.396 e. The van der Waals surface area contributed by atoms with Crippen molar-refractivity contribution in [2.45, 2.75) is 39.3 Å². The topological polar surface area (TPSA) is 32.3 Å². The van der Waals surface area contributed by atoms with Crippen LogP contribution in [-0.2, 0) is 6.54 Å². The maximum absolute atomic E-state index is 8.90. The van der Waals surface area contributed by atoms with Crippen molar-refractivity contribution >= 4 is 15.9 Å². The quantitative estimate of drug-likeness (QED) is 0.842. The van der Waals surface area contributed by atoms with Crippen LogP contribution in [0.5, 0.6) is 0 Å². The van der Waals surface area contributed by atoms with Gasteiger partial charge in [-0.05, 0) is 37.0 Å². The molecule has 0 amide bonds. The molecule has 1 atom stereocenters. The predicted molar refractivity (Wildman–Crippen MR) is 71.5 cm³/mol. The van der Waals surface area contributed by atoms with Crippen molar-refractivity contribution in [1.82, 2.24) is 5.32 Å². The molecule has 1 unspecified atom stereocenters. The van der Waals surface area contributed by atoms with Crippen molar-refractivity contribution in [3.63, 3.8) is 0 Å². The van der Waals surface area contributed by atoms with Crippen molar-refractivity contribution < 1.29 is 5.11 Å². The Morgan fingerprint density at radius 2 is 2.19 bits per heavy atom. The first-order chi connectivity index (χ1) is 7.67. The van der Waals surface area contributed by atoms with Crippen LogP contribution in [0.25, 0.3) is 0 Å². The number of hydrogen-bond donors (Lipinski definition) is 2. The van der Waals surface area contributed by atoms with E-state index in [2.05, 4.69) is 53.3 Å². The molecular weight excluding hydrogens is 266 g/mol. The third kappa shape index (κ3) is 4.24. The van der Waals surface area contributed by atoms with E-state index < -0.39 is 0 Å². The minimum absolute atomic E-state index is 0.253. The highest BCUT2D eigenvalue weighted by Crippen LogP contribution is 2.17. The van der Waals surface area contributed by atoms with Gasteiger partial charge in [0.05, 0.1) is 0 Å². The monoisotopic (exact) mass is 285 g/mol. The third-order valence-corrected chi connectivity index (χ3v) is 3.66. The highest BCUT2D eigenvalue weighted by Gasteiger charge is 2.05. The van der Waals surface area contributed by atoms with Crippen molar-refractivity contribution in [3.8, 4) is 0 Å². The highest BCUT2D eigenvalue weighted by molar-refractivity contribution is 9.10. The van der Waals surface area contributed by atoms with E-state index in [0.717, 1.165) is 23.9 Å². The molecule has 0 aromatic heterocycles. The molecule has 0 fully saturated rings. The molecule has 0 heterocycles. The number of aryl methyl sites for hydroxylation is 1. The molecule has 2 N–H and O–H groups in total. The second kappa shape index (κ2) is 7.05. The molecule has 0 bridgehead atoms. The lowest BCUT2D eigenvalue weighted by Gasteiger charge is -2.15. The van der Waals surface area contributed by atoms with E-state index in [-0.39, 0.29) is 6.61 Å². The molecule has 0 aliphatic rings. The zero-order valence-corrected chi connectivity index (χ0v) is 11.5. The predicted octanol–water partition coefficient (Wildman–Crippen LogP) is 3.01. The minimum atomic E-state index is 0.253. The molecule has 16 heavy (non-hydrogen) atoms. The van der Waals surface area contributed by atoms with Gasteiger partial charge in [0.2, 0.25) is 0 Å². The van der Waals surface area contributed by atoms with E-state index in [9.17, 15) is 0 Å². The summed E-state index contributed by atoms with van der Waals surface area (Å²) in [4.78, 5) is 0. The summed E-state index contributed by atoms with van der Waals surface area (Å²) in [6.07, 6.45) is 1.87. The number of aliphatic hydroxyl groups excluding tert-OH is 1. The molecule has 1 aromatic rings. The van der Waals surface area contributed by atoms with Gasteiger partial charge in [-0.2, -0.15) is 0 Å². The van der Waals surface area contributed by atoms with Gasteiger partial charge in [-0.1, -0.05) is 35.0 Å². The van der Waals surface area contributed by atoms with Crippen LogP contribution in [-0.4, -0.2) is 17.8 Å². The number of aliphatic hydroxyl groups is 1. The maximum atomic E-state index is 8.90. The first-order valence-corrected chi connectivity index (χ1v) is 6.56. The molecule has 0 aliphatic heterocycles. The van der Waals surface area contributed by atoms with Gasteiger partial charge in [-0.3, -0.25) is 0 Å². The lowest BCUT2D eigenvalue weighted by molar-refractivity contribution is 0.262. The maximum Gasteiger partial charge on any atom is 0.0445 e. The Kier molecular flexibility index (Phi) is 6.03. The van der Waals surface area contributed by atoms with Crippen molar-refractivity contribution in [3.05, 3.63) is 33.8 Å². The Balaban J connectivity index is 2.50. The molecule has 0 saturated heterocycles. The fourth-order valence-electron chi connectivity index (χ4n) is 1.61. The Bertz CT molecular complexity index is 328. The second-order valence-electron chi connectivity index (χ2n) is 4.08. The Hall–Kier alpha value is -0.380. The SMILES string of the molecule is CCC(CCO)NCc1ccc(C)c(Br)c1. The van der Waals surface area contributed by atoms with Crippen LogP contribution in [0.2, 0.25) is 0 Å². The van der Waals surface area contributed by atoms with Crippen LogP contribution in [0.15, 0.2) is 22.7 Å². The molecule has 0 aliphatic carbocycles. The molecule has 90 valence electrons. The van der Waals surface area contributed by atoms with Gasteiger partial charge in [0.25, 0.3) is 0 Å². The fourth-order valence-corrected chi connectivity index (χ4v) is 2.04. The lowest BCUT2D eigenvalue weighted by Crippen LogP contribution is -2.28. The Morgan fingerprint density at radius 3 is 2.75 bits per heavy atom. The van der Waals surface area contributed by atoms with Crippen molar-refractivity contribution in [2.75, 3.05) is 6.61 Å². The molecule has 0 saturated carbocycles. The summed E-state index contributed by atoms with van der Waals surface area (Å²) >= 11 is 3.53. The van der Waals surface area contributed by atoms with Gasteiger partial charge in [-0.25, -0.2) is 0 Å². The van der Waals surface area contributed by atoms with Crippen LogP contribution < -0.4 is 5.32 Å². The molecule has 3 heteroatoms. The molecule has 1 rings (SSSR count). The summed E-state index contributed by atoms with van der Waals surface area (Å²) in [5.74, 6) is 0. The number of halogens is 1. The summed E-state index contributed by atoms with van der Waals surface area (Å²) < 4.78 is 1.15. The fraction of sp³-hybridized carbons (Fsp3) is 0.538. The van der Waals surface area contributed by atoms with Gasteiger partial charge in [0.1, 0.15) is 0 Å². The highest BCUT2D eigenvalue weighted by atomic mass is 79.9. The summed E-state index contributed by atoms with van der Waals surface area (Å²) in [6.45, 7) is 5.33. The summed E-state index contributed by atoms with van der Waals surface area (Å²) in [5, 5.41) is 12.4. The first-order valence-electron chi connectivity index (χ1n) is 5.76. The van der Waals surface area contributed by atoms with Gasteiger partial charge in [-0.15, -0.1) is 0 Å². The minimum Gasteiger partial charge on any atom is -0.396 e. The second-order valence-corrected chi connectivity index (χ2v) is 4.94. The van der Waals surface area contributed by atoms with Gasteiger partial charge in [0, 0.05) is 23.7 Å². The average molecular weight is 286 g/mol. The van der Waals surface area contributed by atoms with E-state index in [4.69, 9.17) is 5.11 Å². The number of benzene rings is 1. The zero-order chi connectivity index (χ0) is 12.0. The lowest BCUT2D eigenvalue weighted by atomic mass is 10.1. The van der Waals surface area contributed by atoms with E-state index in [1.807, 2.05) is 0 Å². The number of hydrogen-bond acceptors (Lipinski definition) is 2. The van der Waals surface area contributed by atoms with Crippen molar-refractivity contribution in [2.24, 2.45) is 0 Å².